The summed E-state index contributed by atoms with van der Waals surface area (Å²) in [5, 5.41) is 14.9. The number of nitrogens with two attached hydrogens (primary N) is 1. The van der Waals surface area contributed by atoms with Gasteiger partial charge in [0.1, 0.15) is 6.10 Å². The van der Waals surface area contributed by atoms with Gasteiger partial charge < -0.3 is 10.8 Å². The van der Waals surface area contributed by atoms with Crippen molar-refractivity contribution in [3.63, 3.8) is 0 Å². The monoisotopic (exact) mass is 235 g/mol. The van der Waals surface area contributed by atoms with Crippen molar-refractivity contribution in [3.05, 3.63) is 18.0 Å². The van der Waals surface area contributed by atoms with Crippen LogP contribution in [-0.4, -0.2) is 21.4 Å². The lowest BCUT2D eigenvalue weighted by Crippen LogP contribution is -2.42. The first-order valence-corrected chi connectivity index (χ1v) is 6.53. The van der Waals surface area contributed by atoms with E-state index < -0.39 is 6.10 Å². The summed E-state index contributed by atoms with van der Waals surface area (Å²) in [5.74, 6) is 1.38. The summed E-state index contributed by atoms with van der Waals surface area (Å²) in [6.07, 6.45) is 6.18. The lowest BCUT2D eigenvalue weighted by Gasteiger charge is -2.40. The second-order valence-corrected chi connectivity index (χ2v) is 5.80. The maximum Gasteiger partial charge on any atom is 0.103 e. The number of rotatable bonds is 3. The molecule has 4 nitrogen and oxygen atoms in total. The zero-order chi connectivity index (χ0) is 12.0. The van der Waals surface area contributed by atoms with E-state index in [1.54, 1.807) is 10.9 Å². The molecule has 17 heavy (non-hydrogen) atoms. The summed E-state index contributed by atoms with van der Waals surface area (Å²) < 4.78 is 1.77. The summed E-state index contributed by atoms with van der Waals surface area (Å²) in [6.45, 7) is 0.584. The van der Waals surface area contributed by atoms with Gasteiger partial charge in [0.25, 0.3) is 0 Å². The molecule has 2 bridgehead atoms. The Hall–Kier alpha value is -0.870. The Balaban J connectivity index is 1.94. The molecule has 0 radical (unpaired) electrons. The van der Waals surface area contributed by atoms with E-state index in [1.165, 1.54) is 19.3 Å². The summed E-state index contributed by atoms with van der Waals surface area (Å²) in [7, 11) is 1.88. The average Bonchev–Trinajstić information content (AvgIpc) is 3.02. The van der Waals surface area contributed by atoms with Gasteiger partial charge in [0, 0.05) is 25.2 Å². The van der Waals surface area contributed by atoms with Crippen LogP contribution < -0.4 is 5.73 Å². The van der Waals surface area contributed by atoms with Crippen LogP contribution in [0.5, 0.6) is 0 Å². The minimum absolute atomic E-state index is 0.100. The van der Waals surface area contributed by atoms with Gasteiger partial charge in [0.05, 0.1) is 5.69 Å². The van der Waals surface area contributed by atoms with Crippen LogP contribution in [0.25, 0.3) is 0 Å². The first kappa shape index (κ1) is 11.2. The van der Waals surface area contributed by atoms with Crippen molar-refractivity contribution in [1.82, 2.24) is 9.78 Å². The summed E-state index contributed by atoms with van der Waals surface area (Å²) in [6, 6.07) is 1.91. The highest BCUT2D eigenvalue weighted by molar-refractivity contribution is 5.14. The molecule has 0 aromatic carbocycles. The number of fused-ring (bicyclic) bond motifs is 2. The number of hydrogen-bond acceptors (Lipinski definition) is 3. The molecule has 2 fully saturated rings. The van der Waals surface area contributed by atoms with E-state index in [0.717, 1.165) is 18.0 Å². The lowest BCUT2D eigenvalue weighted by molar-refractivity contribution is -0.0179. The van der Waals surface area contributed by atoms with Gasteiger partial charge in [-0.05, 0) is 37.2 Å². The van der Waals surface area contributed by atoms with Crippen molar-refractivity contribution in [1.29, 1.82) is 0 Å². The molecule has 3 rings (SSSR count). The largest absolute Gasteiger partial charge is 0.386 e. The Labute approximate surface area is 102 Å². The number of aliphatic hydroxyl groups is 1. The van der Waals surface area contributed by atoms with E-state index in [-0.39, 0.29) is 5.41 Å². The third-order valence-electron chi connectivity index (χ3n) is 5.09. The van der Waals surface area contributed by atoms with E-state index >= 15 is 0 Å². The molecule has 0 aliphatic heterocycles. The molecule has 0 amide bonds. The first-order valence-electron chi connectivity index (χ1n) is 6.53. The molecule has 4 unspecified atom stereocenters. The number of aryl methyl sites for hydroxylation is 1. The third-order valence-corrected chi connectivity index (χ3v) is 5.09. The number of aliphatic hydroxyl groups excluding tert-OH is 1. The standard InChI is InChI=1S/C13H21N3O/c1-16-11(4-5-15-16)12(17)13(8-14)7-9-2-3-10(13)6-9/h4-5,9-10,12,17H,2-3,6-8,14H2,1H3. The third kappa shape index (κ3) is 1.47. The number of nitrogens with zero attached hydrogens (tertiary/aromatic N) is 2. The van der Waals surface area contributed by atoms with Crippen LogP contribution in [0.1, 0.15) is 37.5 Å². The Morgan fingerprint density at radius 2 is 2.47 bits per heavy atom. The Kier molecular flexibility index (Phi) is 2.52. The van der Waals surface area contributed by atoms with E-state index in [2.05, 4.69) is 5.10 Å². The highest BCUT2D eigenvalue weighted by atomic mass is 16.3. The minimum atomic E-state index is -0.463. The maximum absolute atomic E-state index is 10.7. The van der Waals surface area contributed by atoms with Gasteiger partial charge >= 0.3 is 0 Å². The van der Waals surface area contributed by atoms with E-state index in [9.17, 15) is 5.11 Å². The smallest absolute Gasteiger partial charge is 0.103 e. The topological polar surface area (TPSA) is 64.1 Å². The van der Waals surface area contributed by atoms with Crippen LogP contribution in [0.2, 0.25) is 0 Å². The molecule has 4 atom stereocenters. The molecule has 1 aromatic rings. The SMILES string of the molecule is Cn1nccc1C(O)C1(CN)CC2CCC1C2. The molecular weight excluding hydrogens is 214 g/mol. The molecule has 2 aliphatic carbocycles. The predicted octanol–water partition coefficient (Wildman–Crippen LogP) is 1.22. The highest BCUT2D eigenvalue weighted by Crippen LogP contribution is 2.60. The van der Waals surface area contributed by atoms with Gasteiger partial charge in [0.2, 0.25) is 0 Å². The number of aromatic nitrogens is 2. The second kappa shape index (κ2) is 3.82. The summed E-state index contributed by atoms with van der Waals surface area (Å²) in [4.78, 5) is 0. The zero-order valence-corrected chi connectivity index (χ0v) is 10.3. The normalized spacial score (nSPS) is 37.6. The summed E-state index contributed by atoms with van der Waals surface area (Å²) >= 11 is 0. The quantitative estimate of drug-likeness (QED) is 0.828. The molecule has 1 aromatic heterocycles. The van der Waals surface area contributed by atoms with E-state index in [1.807, 2.05) is 13.1 Å². The highest BCUT2D eigenvalue weighted by Gasteiger charge is 2.54. The summed E-state index contributed by atoms with van der Waals surface area (Å²) in [5.41, 5.74) is 6.83. The van der Waals surface area contributed by atoms with Crippen molar-refractivity contribution >= 4 is 0 Å². The Morgan fingerprint density at radius 3 is 2.94 bits per heavy atom. The average molecular weight is 235 g/mol. The van der Waals surface area contributed by atoms with Gasteiger partial charge in [-0.15, -0.1) is 0 Å². The van der Waals surface area contributed by atoms with Crippen molar-refractivity contribution in [2.24, 2.45) is 30.0 Å². The van der Waals surface area contributed by atoms with Crippen LogP contribution in [0.3, 0.4) is 0 Å². The minimum Gasteiger partial charge on any atom is -0.386 e. The van der Waals surface area contributed by atoms with Gasteiger partial charge in [-0.25, -0.2) is 0 Å². The van der Waals surface area contributed by atoms with Crippen molar-refractivity contribution in [2.45, 2.75) is 31.8 Å². The van der Waals surface area contributed by atoms with Crippen molar-refractivity contribution < 1.29 is 5.11 Å². The first-order chi connectivity index (χ1) is 8.17. The van der Waals surface area contributed by atoms with Gasteiger partial charge in [-0.1, -0.05) is 6.42 Å². The Bertz CT molecular complexity index is 417. The molecule has 4 heteroatoms. The van der Waals surface area contributed by atoms with Gasteiger partial charge in [-0.3, -0.25) is 4.68 Å². The fourth-order valence-corrected chi connectivity index (χ4v) is 4.13. The number of hydrogen-bond donors (Lipinski definition) is 2. The molecular formula is C13H21N3O. The van der Waals surface area contributed by atoms with Crippen LogP contribution in [-0.2, 0) is 7.05 Å². The fraction of sp³-hybridized carbons (Fsp3) is 0.769. The van der Waals surface area contributed by atoms with Crippen LogP contribution in [0, 0.1) is 17.3 Å². The molecule has 0 saturated heterocycles. The van der Waals surface area contributed by atoms with Crippen molar-refractivity contribution in [3.8, 4) is 0 Å². The lowest BCUT2D eigenvalue weighted by atomic mass is 9.68. The van der Waals surface area contributed by atoms with Gasteiger partial charge in [0.15, 0.2) is 0 Å². The molecule has 1 heterocycles. The molecule has 0 spiro atoms. The van der Waals surface area contributed by atoms with Crippen LogP contribution >= 0.6 is 0 Å². The predicted molar refractivity (Wildman–Crippen MR) is 65.1 cm³/mol. The van der Waals surface area contributed by atoms with E-state index in [4.69, 9.17) is 5.73 Å². The second-order valence-electron chi connectivity index (χ2n) is 5.80. The van der Waals surface area contributed by atoms with Crippen LogP contribution in [0.4, 0.5) is 0 Å². The molecule has 2 aliphatic rings. The maximum atomic E-state index is 10.7. The fourth-order valence-electron chi connectivity index (χ4n) is 4.13. The van der Waals surface area contributed by atoms with Gasteiger partial charge in [-0.2, -0.15) is 5.10 Å². The van der Waals surface area contributed by atoms with Crippen molar-refractivity contribution in [2.75, 3.05) is 6.54 Å². The van der Waals surface area contributed by atoms with E-state index in [0.29, 0.717) is 12.5 Å². The van der Waals surface area contributed by atoms with Crippen LogP contribution in [0.15, 0.2) is 12.3 Å². The molecule has 94 valence electrons. The Morgan fingerprint density at radius 1 is 1.65 bits per heavy atom. The zero-order valence-electron chi connectivity index (χ0n) is 10.3. The molecule has 2 saturated carbocycles. The molecule has 3 N–H and O–H groups in total.